The Morgan fingerprint density at radius 2 is 0.844 bits per heavy atom. The maximum absolute atomic E-state index is 11.7. The fourth-order valence-electron chi connectivity index (χ4n) is 3.27. The Labute approximate surface area is 198 Å². The van der Waals surface area contributed by atoms with E-state index in [1.54, 1.807) is 0 Å². The molecule has 0 fully saturated rings. The quantitative estimate of drug-likeness (QED) is 0.0893. The molecule has 4 heteroatoms. The molecule has 0 aliphatic heterocycles. The summed E-state index contributed by atoms with van der Waals surface area (Å²) in [5.74, 6) is -0.597. The van der Waals surface area contributed by atoms with Crippen molar-refractivity contribution in [2.75, 3.05) is 13.2 Å². The summed E-state index contributed by atoms with van der Waals surface area (Å²) in [5, 5.41) is 0. The van der Waals surface area contributed by atoms with E-state index in [1.807, 2.05) is 0 Å². The third kappa shape index (κ3) is 24.7. The Morgan fingerprint density at radius 3 is 1.22 bits per heavy atom. The van der Waals surface area contributed by atoms with Gasteiger partial charge in [-0.05, 0) is 51.4 Å². The van der Waals surface area contributed by atoms with E-state index in [1.165, 1.54) is 51.4 Å². The minimum atomic E-state index is -0.298. The lowest BCUT2D eigenvalue weighted by Gasteiger charge is -2.06. The van der Waals surface area contributed by atoms with E-state index in [0.717, 1.165) is 51.4 Å². The Bertz CT molecular complexity index is 438. The first-order valence-corrected chi connectivity index (χ1v) is 13.3. The van der Waals surface area contributed by atoms with Gasteiger partial charge in [0.1, 0.15) is 0 Å². The van der Waals surface area contributed by atoms with Crippen molar-refractivity contribution in [3.05, 3.63) is 24.3 Å². The fourth-order valence-corrected chi connectivity index (χ4v) is 3.27. The van der Waals surface area contributed by atoms with Crippen LogP contribution in [0.25, 0.3) is 0 Å². The maximum atomic E-state index is 11.7. The first-order chi connectivity index (χ1) is 15.7. The van der Waals surface area contributed by atoms with Gasteiger partial charge in [-0.1, -0.05) is 89.5 Å². The van der Waals surface area contributed by atoms with Gasteiger partial charge in [-0.2, -0.15) is 0 Å². The number of hydrogen-bond donors (Lipinski definition) is 0. The molecular formula is C28H50O4. The second-order valence-corrected chi connectivity index (χ2v) is 8.57. The zero-order valence-corrected chi connectivity index (χ0v) is 21.1. The first kappa shape index (κ1) is 30.4. The minimum absolute atomic E-state index is 0.117. The molecule has 0 saturated carbocycles. The van der Waals surface area contributed by atoms with Crippen molar-refractivity contribution < 1.29 is 19.1 Å². The third-order valence-electron chi connectivity index (χ3n) is 5.37. The van der Waals surface area contributed by atoms with Crippen LogP contribution in [0, 0.1) is 0 Å². The highest BCUT2D eigenvalue weighted by Crippen LogP contribution is 2.07. The summed E-state index contributed by atoms with van der Waals surface area (Å²) in [6, 6.07) is 0. The van der Waals surface area contributed by atoms with Crippen LogP contribution in [0.1, 0.15) is 129 Å². The fraction of sp³-hybridized carbons (Fsp3) is 0.786. The molecule has 0 aliphatic carbocycles. The minimum Gasteiger partial charge on any atom is -0.466 e. The molecule has 186 valence electrons. The van der Waals surface area contributed by atoms with Crippen molar-refractivity contribution in [3.63, 3.8) is 0 Å². The van der Waals surface area contributed by atoms with E-state index in [0.29, 0.717) is 13.2 Å². The maximum Gasteiger partial charge on any atom is 0.306 e. The highest BCUT2D eigenvalue weighted by atomic mass is 16.5. The first-order valence-electron chi connectivity index (χ1n) is 13.3. The Balaban J connectivity index is 3.38. The summed E-state index contributed by atoms with van der Waals surface area (Å²) in [6.07, 6.45) is 27.7. The summed E-state index contributed by atoms with van der Waals surface area (Å²) in [4.78, 5) is 23.4. The molecule has 0 amide bonds. The lowest BCUT2D eigenvalue weighted by Crippen LogP contribution is -2.11. The van der Waals surface area contributed by atoms with Gasteiger partial charge in [0.2, 0.25) is 0 Å². The van der Waals surface area contributed by atoms with Gasteiger partial charge in [0, 0.05) is 0 Å². The van der Waals surface area contributed by atoms with Crippen LogP contribution in [0.5, 0.6) is 0 Å². The van der Waals surface area contributed by atoms with E-state index in [2.05, 4.69) is 38.2 Å². The summed E-state index contributed by atoms with van der Waals surface area (Å²) < 4.78 is 10.4. The number of ether oxygens (including phenoxy) is 2. The van der Waals surface area contributed by atoms with Crippen molar-refractivity contribution in [3.8, 4) is 0 Å². The largest absolute Gasteiger partial charge is 0.466 e. The molecule has 0 bridgehead atoms. The van der Waals surface area contributed by atoms with Gasteiger partial charge >= 0.3 is 11.9 Å². The Kier molecular flexibility index (Phi) is 24.4. The van der Waals surface area contributed by atoms with E-state index < -0.39 is 0 Å². The number of carbonyl (C=O) groups excluding carboxylic acids is 2. The van der Waals surface area contributed by atoms with Crippen molar-refractivity contribution in [2.24, 2.45) is 0 Å². The number of allylic oxidation sites excluding steroid dienone is 4. The van der Waals surface area contributed by atoms with Gasteiger partial charge in [0.25, 0.3) is 0 Å². The molecule has 0 aromatic heterocycles. The zero-order valence-electron chi connectivity index (χ0n) is 21.1. The van der Waals surface area contributed by atoms with Gasteiger partial charge in [-0.3, -0.25) is 9.59 Å². The smallest absolute Gasteiger partial charge is 0.306 e. The lowest BCUT2D eigenvalue weighted by atomic mass is 10.1. The van der Waals surface area contributed by atoms with Crippen molar-refractivity contribution in [2.45, 2.75) is 129 Å². The third-order valence-corrected chi connectivity index (χ3v) is 5.37. The average Bonchev–Trinajstić information content (AvgIpc) is 2.79. The molecule has 0 aliphatic rings. The van der Waals surface area contributed by atoms with Gasteiger partial charge in [-0.15, -0.1) is 0 Å². The summed E-state index contributed by atoms with van der Waals surface area (Å²) in [7, 11) is 0. The van der Waals surface area contributed by atoms with Crippen LogP contribution in [-0.2, 0) is 19.1 Å². The molecule has 0 atom stereocenters. The Morgan fingerprint density at radius 1 is 0.500 bits per heavy atom. The zero-order chi connectivity index (χ0) is 23.5. The molecule has 0 aromatic rings. The average molecular weight is 451 g/mol. The van der Waals surface area contributed by atoms with Crippen molar-refractivity contribution in [1.82, 2.24) is 0 Å². The van der Waals surface area contributed by atoms with Gasteiger partial charge < -0.3 is 9.47 Å². The number of unbranched alkanes of at least 4 members (excludes halogenated alkanes) is 12. The predicted molar refractivity (Wildman–Crippen MR) is 135 cm³/mol. The highest BCUT2D eigenvalue weighted by molar-refractivity contribution is 5.77. The van der Waals surface area contributed by atoms with Gasteiger partial charge in [0.15, 0.2) is 0 Å². The van der Waals surface area contributed by atoms with Gasteiger partial charge in [0.05, 0.1) is 26.1 Å². The van der Waals surface area contributed by atoms with Crippen LogP contribution in [0.15, 0.2) is 24.3 Å². The van der Waals surface area contributed by atoms with Crippen LogP contribution < -0.4 is 0 Å². The molecule has 32 heavy (non-hydrogen) atoms. The molecule has 0 unspecified atom stereocenters. The lowest BCUT2D eigenvalue weighted by molar-refractivity contribution is -0.150. The molecule has 4 nitrogen and oxygen atoms in total. The topological polar surface area (TPSA) is 52.6 Å². The normalized spacial score (nSPS) is 11.4. The number of carbonyl (C=O) groups is 2. The van der Waals surface area contributed by atoms with Crippen LogP contribution in [0.4, 0.5) is 0 Å². The van der Waals surface area contributed by atoms with E-state index in [-0.39, 0.29) is 24.8 Å². The van der Waals surface area contributed by atoms with E-state index >= 15 is 0 Å². The predicted octanol–water partition coefficient (Wildman–Crippen LogP) is 8.25. The molecule has 0 radical (unpaired) electrons. The second-order valence-electron chi connectivity index (χ2n) is 8.57. The van der Waals surface area contributed by atoms with Gasteiger partial charge in [-0.25, -0.2) is 0 Å². The SMILES string of the molecule is CCCC/C=C/CCCCCCOC(=O)CCC(=O)OCCCCCC/C=C/CCCC. The number of hydrogen-bond acceptors (Lipinski definition) is 4. The van der Waals surface area contributed by atoms with Crippen molar-refractivity contribution >= 4 is 11.9 Å². The Hall–Kier alpha value is -1.58. The molecule has 0 rings (SSSR count). The highest BCUT2D eigenvalue weighted by Gasteiger charge is 2.09. The summed E-state index contributed by atoms with van der Waals surface area (Å²) in [6.45, 7) is 5.33. The van der Waals surface area contributed by atoms with Crippen molar-refractivity contribution in [1.29, 1.82) is 0 Å². The molecule has 0 spiro atoms. The number of rotatable bonds is 23. The summed E-state index contributed by atoms with van der Waals surface area (Å²) in [5.41, 5.74) is 0. The second kappa shape index (κ2) is 25.7. The van der Waals surface area contributed by atoms with E-state index in [4.69, 9.17) is 9.47 Å². The van der Waals surface area contributed by atoms with Crippen LogP contribution in [0.3, 0.4) is 0 Å². The van der Waals surface area contributed by atoms with E-state index in [9.17, 15) is 9.59 Å². The standard InChI is InChI=1S/C28H50O4/c1-3-5-7-9-11-13-15-17-19-21-25-31-27(29)23-24-28(30)32-26-22-20-18-16-14-12-10-8-6-4-2/h9-12H,3-8,13-26H2,1-2H3/b11-9+,12-10+. The molecule has 0 N–H and O–H groups in total. The monoisotopic (exact) mass is 450 g/mol. The molecule has 0 aromatic carbocycles. The van der Waals surface area contributed by atoms with Crippen LogP contribution >= 0.6 is 0 Å². The summed E-state index contributed by atoms with van der Waals surface area (Å²) >= 11 is 0. The molecular weight excluding hydrogens is 400 g/mol. The van der Waals surface area contributed by atoms with Crippen LogP contribution in [-0.4, -0.2) is 25.2 Å². The molecule has 0 heterocycles. The molecule has 0 saturated heterocycles. The van der Waals surface area contributed by atoms with Crippen LogP contribution in [0.2, 0.25) is 0 Å². The number of esters is 2.